The third-order valence-electron chi connectivity index (χ3n) is 3.13. The summed E-state index contributed by atoms with van der Waals surface area (Å²) in [6.07, 6.45) is 5.45. The van der Waals surface area contributed by atoms with Gasteiger partial charge in [-0.3, -0.25) is 4.90 Å². The van der Waals surface area contributed by atoms with Gasteiger partial charge in [0.2, 0.25) is 5.13 Å². The first-order valence-electron chi connectivity index (χ1n) is 6.06. The second-order valence-corrected chi connectivity index (χ2v) is 5.45. The maximum Gasteiger partial charge on any atom is 0.205 e. The molecule has 0 aliphatic heterocycles. The first-order chi connectivity index (χ1) is 7.79. The lowest BCUT2D eigenvalue weighted by molar-refractivity contribution is 0.236. The van der Waals surface area contributed by atoms with E-state index in [4.69, 9.17) is 0 Å². The summed E-state index contributed by atoms with van der Waals surface area (Å²) in [5, 5.41) is 13.6. The highest BCUT2D eigenvalue weighted by Gasteiger charge is 2.20. The van der Waals surface area contributed by atoms with Gasteiger partial charge >= 0.3 is 0 Å². The van der Waals surface area contributed by atoms with Crippen LogP contribution in [0.15, 0.2) is 0 Å². The minimum absolute atomic E-state index is 0.756. The Morgan fingerprint density at radius 1 is 1.38 bits per heavy atom. The summed E-state index contributed by atoms with van der Waals surface area (Å²) >= 11 is 1.67. The van der Waals surface area contributed by atoms with E-state index < -0.39 is 0 Å². The van der Waals surface area contributed by atoms with Crippen molar-refractivity contribution in [2.45, 2.75) is 45.2 Å². The summed E-state index contributed by atoms with van der Waals surface area (Å²) in [5.41, 5.74) is 0. The number of hydrogen-bond acceptors (Lipinski definition) is 5. The highest BCUT2D eigenvalue weighted by Crippen LogP contribution is 2.24. The molecule has 2 rings (SSSR count). The van der Waals surface area contributed by atoms with Crippen molar-refractivity contribution in [1.82, 2.24) is 15.1 Å². The van der Waals surface area contributed by atoms with Crippen LogP contribution in [0.4, 0.5) is 5.13 Å². The van der Waals surface area contributed by atoms with Gasteiger partial charge in [-0.15, -0.1) is 10.2 Å². The Balaban J connectivity index is 1.87. The van der Waals surface area contributed by atoms with Gasteiger partial charge in [-0.25, -0.2) is 0 Å². The number of rotatable bonds is 5. The summed E-state index contributed by atoms with van der Waals surface area (Å²) in [7, 11) is 2.20. The van der Waals surface area contributed by atoms with E-state index in [9.17, 15) is 0 Å². The topological polar surface area (TPSA) is 41.1 Å². The Labute approximate surface area is 101 Å². The van der Waals surface area contributed by atoms with Crippen LogP contribution in [0.25, 0.3) is 0 Å². The number of nitrogens with one attached hydrogen (secondary N) is 1. The van der Waals surface area contributed by atoms with E-state index in [1.807, 2.05) is 0 Å². The van der Waals surface area contributed by atoms with E-state index in [0.717, 1.165) is 29.3 Å². The van der Waals surface area contributed by atoms with Crippen LogP contribution < -0.4 is 5.32 Å². The molecule has 0 spiro atoms. The van der Waals surface area contributed by atoms with Crippen LogP contribution in [0.3, 0.4) is 0 Å². The van der Waals surface area contributed by atoms with Crippen molar-refractivity contribution in [2.24, 2.45) is 0 Å². The molecule has 0 atom stereocenters. The average molecular weight is 240 g/mol. The third kappa shape index (κ3) is 2.92. The van der Waals surface area contributed by atoms with Crippen molar-refractivity contribution in [1.29, 1.82) is 0 Å². The molecule has 1 fully saturated rings. The molecule has 5 heteroatoms. The van der Waals surface area contributed by atoms with Gasteiger partial charge in [0.05, 0.1) is 6.54 Å². The van der Waals surface area contributed by atoms with Crippen molar-refractivity contribution in [2.75, 3.05) is 18.9 Å². The van der Waals surface area contributed by atoms with Crippen molar-refractivity contribution in [3.05, 3.63) is 5.01 Å². The number of aromatic nitrogens is 2. The molecular weight excluding hydrogens is 220 g/mol. The summed E-state index contributed by atoms with van der Waals surface area (Å²) in [4.78, 5) is 2.42. The minimum Gasteiger partial charge on any atom is -0.360 e. The fourth-order valence-electron chi connectivity index (χ4n) is 2.23. The van der Waals surface area contributed by atoms with Crippen molar-refractivity contribution in [3.8, 4) is 0 Å². The summed E-state index contributed by atoms with van der Waals surface area (Å²) < 4.78 is 0. The fraction of sp³-hybridized carbons (Fsp3) is 0.818. The van der Waals surface area contributed by atoms with E-state index in [-0.39, 0.29) is 0 Å². The molecule has 1 aromatic rings. The zero-order chi connectivity index (χ0) is 11.4. The molecule has 4 nitrogen and oxygen atoms in total. The molecule has 1 aliphatic rings. The van der Waals surface area contributed by atoms with Crippen molar-refractivity contribution >= 4 is 16.5 Å². The van der Waals surface area contributed by atoms with Crippen LogP contribution in [0.1, 0.15) is 37.6 Å². The van der Waals surface area contributed by atoms with E-state index >= 15 is 0 Å². The highest BCUT2D eigenvalue weighted by atomic mass is 32.1. The van der Waals surface area contributed by atoms with Gasteiger partial charge in [-0.1, -0.05) is 24.2 Å². The lowest BCUT2D eigenvalue weighted by Crippen LogP contribution is -2.28. The molecule has 1 saturated carbocycles. The number of hydrogen-bond donors (Lipinski definition) is 1. The van der Waals surface area contributed by atoms with Gasteiger partial charge in [-0.05, 0) is 26.8 Å². The van der Waals surface area contributed by atoms with Gasteiger partial charge in [0.1, 0.15) is 5.01 Å². The van der Waals surface area contributed by atoms with Gasteiger partial charge < -0.3 is 5.32 Å². The van der Waals surface area contributed by atoms with E-state index in [1.165, 1.54) is 25.7 Å². The Bertz CT molecular complexity index is 320. The molecule has 0 radical (unpaired) electrons. The molecule has 0 amide bonds. The molecule has 1 N–H and O–H groups in total. The maximum atomic E-state index is 4.21. The van der Waals surface area contributed by atoms with Crippen molar-refractivity contribution in [3.63, 3.8) is 0 Å². The predicted molar refractivity (Wildman–Crippen MR) is 67.8 cm³/mol. The first-order valence-corrected chi connectivity index (χ1v) is 6.87. The molecular formula is C11H20N4S. The van der Waals surface area contributed by atoms with E-state index in [0.29, 0.717) is 0 Å². The largest absolute Gasteiger partial charge is 0.360 e. The maximum absolute atomic E-state index is 4.21. The van der Waals surface area contributed by atoms with Crippen LogP contribution in [0.5, 0.6) is 0 Å². The highest BCUT2D eigenvalue weighted by molar-refractivity contribution is 7.15. The lowest BCUT2D eigenvalue weighted by Gasteiger charge is -2.22. The van der Waals surface area contributed by atoms with E-state index in [2.05, 4.69) is 34.4 Å². The lowest BCUT2D eigenvalue weighted by atomic mass is 10.2. The smallest absolute Gasteiger partial charge is 0.205 e. The second-order valence-electron chi connectivity index (χ2n) is 4.38. The summed E-state index contributed by atoms with van der Waals surface area (Å²) in [6, 6.07) is 0.756. The summed E-state index contributed by atoms with van der Waals surface area (Å²) in [6.45, 7) is 3.92. The number of nitrogens with zero attached hydrogens (tertiary/aromatic N) is 3. The van der Waals surface area contributed by atoms with Gasteiger partial charge in [0, 0.05) is 12.6 Å². The Morgan fingerprint density at radius 3 is 2.81 bits per heavy atom. The van der Waals surface area contributed by atoms with Gasteiger partial charge in [0.25, 0.3) is 0 Å². The van der Waals surface area contributed by atoms with Gasteiger partial charge in [0.15, 0.2) is 0 Å². The molecule has 16 heavy (non-hydrogen) atoms. The standard InChI is InChI=1S/C11H20N4S/c1-3-12-11-14-13-10(16-11)8-15(2)9-6-4-5-7-9/h9H,3-8H2,1-2H3,(H,12,14). The quantitative estimate of drug-likeness (QED) is 0.857. The van der Waals surface area contributed by atoms with E-state index in [1.54, 1.807) is 11.3 Å². The first kappa shape index (κ1) is 11.8. The zero-order valence-corrected chi connectivity index (χ0v) is 10.9. The molecule has 0 saturated heterocycles. The minimum atomic E-state index is 0.756. The average Bonchev–Trinajstić information content (AvgIpc) is 2.89. The van der Waals surface area contributed by atoms with Crippen LogP contribution in [-0.2, 0) is 6.54 Å². The summed E-state index contributed by atoms with van der Waals surface area (Å²) in [5.74, 6) is 0. The molecule has 1 aromatic heterocycles. The Hall–Kier alpha value is -0.680. The Morgan fingerprint density at radius 2 is 2.12 bits per heavy atom. The Kier molecular flexibility index (Phi) is 4.12. The molecule has 1 aliphatic carbocycles. The fourth-order valence-corrected chi connectivity index (χ4v) is 3.10. The van der Waals surface area contributed by atoms with Crippen LogP contribution in [0, 0.1) is 0 Å². The zero-order valence-electron chi connectivity index (χ0n) is 10.1. The molecule has 0 aromatic carbocycles. The SMILES string of the molecule is CCNc1nnc(CN(C)C2CCCC2)s1. The normalized spacial score (nSPS) is 17.2. The molecule has 1 heterocycles. The monoisotopic (exact) mass is 240 g/mol. The number of anilines is 1. The van der Waals surface area contributed by atoms with Crippen LogP contribution >= 0.6 is 11.3 Å². The van der Waals surface area contributed by atoms with Crippen LogP contribution in [-0.4, -0.2) is 34.7 Å². The molecule has 90 valence electrons. The van der Waals surface area contributed by atoms with Crippen LogP contribution in [0.2, 0.25) is 0 Å². The van der Waals surface area contributed by atoms with Gasteiger partial charge in [-0.2, -0.15) is 0 Å². The predicted octanol–water partition coefficient (Wildman–Crippen LogP) is 2.34. The molecule has 0 bridgehead atoms. The second kappa shape index (κ2) is 5.59. The van der Waals surface area contributed by atoms with Crippen molar-refractivity contribution < 1.29 is 0 Å². The third-order valence-corrected chi connectivity index (χ3v) is 3.99. The molecule has 0 unspecified atom stereocenters.